The summed E-state index contributed by atoms with van der Waals surface area (Å²) in [4.78, 5) is 2.01. The molecule has 2 N–H and O–H groups in total. The van der Waals surface area contributed by atoms with Gasteiger partial charge in [-0.3, -0.25) is 4.90 Å². The Morgan fingerprint density at radius 2 is 2.10 bits per heavy atom. The van der Waals surface area contributed by atoms with Gasteiger partial charge in [-0.05, 0) is 44.5 Å². The average Bonchev–Trinajstić information content (AvgIpc) is 2.87. The number of sulfonamides is 1. The molecule has 21 heavy (non-hydrogen) atoms. The fourth-order valence-corrected chi connectivity index (χ4v) is 5.10. The van der Waals surface area contributed by atoms with E-state index in [0.717, 1.165) is 25.5 Å². The molecule has 2 aliphatic rings. The van der Waals surface area contributed by atoms with Crippen LogP contribution in [0, 0.1) is 5.82 Å². The molecule has 0 saturated carbocycles. The first kappa shape index (κ1) is 14.7. The van der Waals surface area contributed by atoms with E-state index in [1.165, 1.54) is 16.4 Å². The first-order chi connectivity index (χ1) is 9.89. The van der Waals surface area contributed by atoms with Gasteiger partial charge in [-0.15, -0.1) is 0 Å². The van der Waals surface area contributed by atoms with Gasteiger partial charge in [-0.1, -0.05) is 0 Å². The Kier molecular flexibility index (Phi) is 3.67. The predicted octanol–water partition coefficient (Wildman–Crippen LogP) is 1.27. The molecule has 0 radical (unpaired) electrons. The Balaban J connectivity index is 1.95. The van der Waals surface area contributed by atoms with E-state index < -0.39 is 15.8 Å². The highest BCUT2D eigenvalue weighted by atomic mass is 32.2. The molecule has 0 aromatic heterocycles. The monoisotopic (exact) mass is 313 g/mol. The fraction of sp³-hybridized carbons (Fsp3) is 0.571. The lowest BCUT2D eigenvalue weighted by atomic mass is 10.1. The van der Waals surface area contributed by atoms with Crippen LogP contribution in [-0.2, 0) is 10.0 Å². The second-order valence-corrected chi connectivity index (χ2v) is 7.76. The zero-order chi connectivity index (χ0) is 15.2. The lowest BCUT2D eigenvalue weighted by Gasteiger charge is -2.41. The molecule has 3 rings (SSSR count). The number of hydrogen-bond acceptors (Lipinski definition) is 4. The van der Waals surface area contributed by atoms with Crippen LogP contribution in [0.25, 0.3) is 0 Å². The van der Waals surface area contributed by atoms with E-state index in [2.05, 4.69) is 4.90 Å². The number of nitrogens with zero attached hydrogens (tertiary/aromatic N) is 2. The maximum atomic E-state index is 13.9. The van der Waals surface area contributed by atoms with Gasteiger partial charge in [0.05, 0.1) is 0 Å². The topological polar surface area (TPSA) is 66.6 Å². The molecule has 2 atom stereocenters. The molecule has 0 aliphatic carbocycles. The van der Waals surface area contributed by atoms with Gasteiger partial charge in [0, 0.05) is 30.9 Å². The van der Waals surface area contributed by atoms with Crippen molar-refractivity contribution in [2.45, 2.75) is 36.7 Å². The lowest BCUT2D eigenvalue weighted by molar-refractivity contribution is 0.117. The third kappa shape index (κ3) is 2.54. The summed E-state index contributed by atoms with van der Waals surface area (Å²) in [5.41, 5.74) is 5.87. The van der Waals surface area contributed by atoms with E-state index >= 15 is 0 Å². The van der Waals surface area contributed by atoms with E-state index in [1.807, 2.05) is 6.92 Å². The molecule has 5 nitrogen and oxygen atoms in total. The summed E-state index contributed by atoms with van der Waals surface area (Å²) in [5, 5.41) is 0. The van der Waals surface area contributed by atoms with Crippen molar-refractivity contribution in [3.63, 3.8) is 0 Å². The third-order valence-corrected chi connectivity index (χ3v) is 6.42. The van der Waals surface area contributed by atoms with E-state index in [0.29, 0.717) is 13.1 Å². The molecular weight excluding hydrogens is 293 g/mol. The van der Waals surface area contributed by atoms with Gasteiger partial charge in [0.2, 0.25) is 10.0 Å². The van der Waals surface area contributed by atoms with Gasteiger partial charge in [0.1, 0.15) is 10.7 Å². The minimum absolute atomic E-state index is 0.162. The van der Waals surface area contributed by atoms with Gasteiger partial charge in [-0.2, -0.15) is 4.31 Å². The van der Waals surface area contributed by atoms with Gasteiger partial charge < -0.3 is 5.73 Å². The van der Waals surface area contributed by atoms with Crippen molar-refractivity contribution in [3.05, 3.63) is 24.0 Å². The van der Waals surface area contributed by atoms with Crippen molar-refractivity contribution in [2.24, 2.45) is 0 Å². The molecule has 1 aromatic rings. The zero-order valence-electron chi connectivity index (χ0n) is 12.0. The normalized spacial score (nSPS) is 27.7. The van der Waals surface area contributed by atoms with Crippen LogP contribution in [-0.4, -0.2) is 49.3 Å². The second-order valence-electron chi connectivity index (χ2n) is 5.90. The van der Waals surface area contributed by atoms with Crippen LogP contribution in [0.15, 0.2) is 23.1 Å². The Morgan fingerprint density at radius 3 is 2.86 bits per heavy atom. The quantitative estimate of drug-likeness (QED) is 0.835. The van der Waals surface area contributed by atoms with E-state index in [-0.39, 0.29) is 22.7 Å². The molecule has 2 heterocycles. The zero-order valence-corrected chi connectivity index (χ0v) is 12.8. The SMILES string of the molecule is CC1CN2CCCC2CN1S(=O)(=O)c1cc(N)ccc1F. The molecule has 2 aliphatic heterocycles. The van der Waals surface area contributed by atoms with Crippen molar-refractivity contribution in [1.29, 1.82) is 0 Å². The van der Waals surface area contributed by atoms with Gasteiger partial charge >= 0.3 is 0 Å². The summed E-state index contributed by atoms with van der Waals surface area (Å²) >= 11 is 0. The molecule has 7 heteroatoms. The molecule has 116 valence electrons. The summed E-state index contributed by atoms with van der Waals surface area (Å²) in [6.07, 6.45) is 2.09. The van der Waals surface area contributed by atoms with Crippen LogP contribution in [0.1, 0.15) is 19.8 Å². The largest absolute Gasteiger partial charge is 0.399 e. The highest BCUT2D eigenvalue weighted by molar-refractivity contribution is 7.89. The maximum absolute atomic E-state index is 13.9. The highest BCUT2D eigenvalue weighted by Crippen LogP contribution is 2.30. The molecule has 1 aromatic carbocycles. The van der Waals surface area contributed by atoms with Crippen LogP contribution < -0.4 is 5.73 Å². The summed E-state index contributed by atoms with van der Waals surface area (Å²) in [5.74, 6) is -0.745. The minimum atomic E-state index is -3.85. The number of anilines is 1. The number of rotatable bonds is 2. The maximum Gasteiger partial charge on any atom is 0.246 e. The number of halogens is 1. The van der Waals surface area contributed by atoms with E-state index in [1.54, 1.807) is 0 Å². The summed E-state index contributed by atoms with van der Waals surface area (Å²) in [7, 11) is -3.85. The number of fused-ring (bicyclic) bond motifs is 1. The smallest absolute Gasteiger partial charge is 0.246 e. The first-order valence-electron chi connectivity index (χ1n) is 7.20. The van der Waals surface area contributed by atoms with Crippen molar-refractivity contribution in [2.75, 3.05) is 25.4 Å². The third-order valence-electron chi connectivity index (χ3n) is 4.42. The number of benzene rings is 1. The van der Waals surface area contributed by atoms with Gasteiger partial charge in [-0.25, -0.2) is 12.8 Å². The number of piperazine rings is 1. The molecule has 0 spiro atoms. The van der Waals surface area contributed by atoms with Crippen molar-refractivity contribution in [3.8, 4) is 0 Å². The van der Waals surface area contributed by atoms with Crippen LogP contribution in [0.4, 0.5) is 10.1 Å². The summed E-state index contributed by atoms with van der Waals surface area (Å²) < 4.78 is 40.9. The molecular formula is C14H20FN3O2S. The Hall–Kier alpha value is -1.18. The van der Waals surface area contributed by atoms with Crippen LogP contribution in [0.3, 0.4) is 0 Å². The Labute approximate surface area is 124 Å². The van der Waals surface area contributed by atoms with Gasteiger partial charge in [0.25, 0.3) is 0 Å². The van der Waals surface area contributed by atoms with E-state index in [9.17, 15) is 12.8 Å². The van der Waals surface area contributed by atoms with Crippen molar-refractivity contribution >= 4 is 15.7 Å². The van der Waals surface area contributed by atoms with Crippen LogP contribution in [0.5, 0.6) is 0 Å². The minimum Gasteiger partial charge on any atom is -0.399 e. The van der Waals surface area contributed by atoms with Gasteiger partial charge in [0.15, 0.2) is 0 Å². The average molecular weight is 313 g/mol. The molecule has 0 amide bonds. The standard InChI is InChI=1S/C14H20FN3O2S/c1-10-8-17-6-2-3-12(17)9-18(10)21(19,20)14-7-11(16)4-5-13(14)15/h4-5,7,10,12H,2-3,6,8-9,16H2,1H3. The second kappa shape index (κ2) is 5.23. The molecule has 2 fully saturated rings. The predicted molar refractivity (Wildman–Crippen MR) is 78.8 cm³/mol. The Bertz CT molecular complexity index is 650. The van der Waals surface area contributed by atoms with Crippen LogP contribution >= 0.6 is 0 Å². The Morgan fingerprint density at radius 1 is 1.33 bits per heavy atom. The number of hydrogen-bond donors (Lipinski definition) is 1. The first-order valence-corrected chi connectivity index (χ1v) is 8.64. The van der Waals surface area contributed by atoms with Crippen LogP contribution in [0.2, 0.25) is 0 Å². The summed E-state index contributed by atoms with van der Waals surface area (Å²) in [6.45, 7) is 4.03. The van der Waals surface area contributed by atoms with Crippen molar-refractivity contribution < 1.29 is 12.8 Å². The molecule has 2 unspecified atom stereocenters. The number of nitrogens with two attached hydrogens (primary N) is 1. The number of nitrogen functional groups attached to an aromatic ring is 1. The summed E-state index contributed by atoms with van der Waals surface area (Å²) in [6, 6.07) is 3.77. The molecule has 0 bridgehead atoms. The van der Waals surface area contributed by atoms with E-state index in [4.69, 9.17) is 5.73 Å². The van der Waals surface area contributed by atoms with Crippen molar-refractivity contribution in [1.82, 2.24) is 9.21 Å². The highest BCUT2D eigenvalue weighted by Gasteiger charge is 2.41. The lowest BCUT2D eigenvalue weighted by Crippen LogP contribution is -2.56. The molecule has 2 saturated heterocycles. The fourth-order valence-electron chi connectivity index (χ4n) is 3.34.